The Balaban J connectivity index is 2.18. The van der Waals surface area contributed by atoms with Crippen molar-refractivity contribution in [3.05, 3.63) is 23.2 Å². The highest BCUT2D eigenvalue weighted by molar-refractivity contribution is 6.31. The monoisotopic (exact) mass is 253 g/mol. The minimum atomic E-state index is 0.599. The Hall–Kier alpha value is -0.930. The third-order valence-electron chi connectivity index (χ3n) is 3.46. The summed E-state index contributed by atoms with van der Waals surface area (Å²) in [6.45, 7) is 2.09. The summed E-state index contributed by atoms with van der Waals surface area (Å²) in [6.07, 6.45) is 2.46. The molecule has 0 saturated carbocycles. The zero-order valence-electron chi connectivity index (χ0n) is 10.5. The van der Waals surface area contributed by atoms with E-state index in [1.807, 2.05) is 18.2 Å². The van der Waals surface area contributed by atoms with Crippen LogP contribution in [0.15, 0.2) is 18.2 Å². The summed E-state index contributed by atoms with van der Waals surface area (Å²) in [5, 5.41) is 0.751. The van der Waals surface area contributed by atoms with E-state index in [4.69, 9.17) is 17.3 Å². The van der Waals surface area contributed by atoms with Crippen molar-refractivity contribution < 1.29 is 0 Å². The van der Waals surface area contributed by atoms with Gasteiger partial charge in [-0.05, 0) is 45.1 Å². The van der Waals surface area contributed by atoms with Gasteiger partial charge in [0, 0.05) is 24.2 Å². The van der Waals surface area contributed by atoms with Crippen LogP contribution in [0.2, 0.25) is 5.02 Å². The van der Waals surface area contributed by atoms with Gasteiger partial charge < -0.3 is 15.5 Å². The molecule has 0 aliphatic carbocycles. The normalized spacial score (nSPS) is 20.9. The van der Waals surface area contributed by atoms with E-state index < -0.39 is 0 Å². The van der Waals surface area contributed by atoms with Crippen molar-refractivity contribution >= 4 is 23.0 Å². The van der Waals surface area contributed by atoms with Crippen LogP contribution in [0.4, 0.5) is 11.4 Å². The maximum atomic E-state index is 6.04. The first-order valence-corrected chi connectivity index (χ1v) is 6.42. The highest BCUT2D eigenvalue weighted by Crippen LogP contribution is 2.29. The van der Waals surface area contributed by atoms with Crippen LogP contribution < -0.4 is 10.6 Å². The van der Waals surface area contributed by atoms with Gasteiger partial charge in [0.25, 0.3) is 0 Å². The van der Waals surface area contributed by atoms with Crippen LogP contribution in [0.5, 0.6) is 0 Å². The molecule has 4 heteroatoms. The summed E-state index contributed by atoms with van der Waals surface area (Å²) in [5.74, 6) is 0. The van der Waals surface area contributed by atoms with Crippen molar-refractivity contribution in [1.29, 1.82) is 0 Å². The molecule has 1 fully saturated rings. The molecule has 2 rings (SSSR count). The molecule has 2 N–H and O–H groups in total. The SMILES string of the molecule is CN(C)C1CCCN(c2cc(Cl)ccc2N)C1. The molecule has 17 heavy (non-hydrogen) atoms. The fourth-order valence-corrected chi connectivity index (χ4v) is 2.55. The maximum Gasteiger partial charge on any atom is 0.0615 e. The molecule has 1 saturated heterocycles. The van der Waals surface area contributed by atoms with Crippen LogP contribution in [0, 0.1) is 0 Å². The van der Waals surface area contributed by atoms with Gasteiger partial charge in [0.15, 0.2) is 0 Å². The molecule has 1 aliphatic rings. The van der Waals surface area contributed by atoms with E-state index in [1.165, 1.54) is 12.8 Å². The van der Waals surface area contributed by atoms with E-state index >= 15 is 0 Å². The molecule has 1 atom stereocenters. The predicted molar refractivity (Wildman–Crippen MR) is 74.8 cm³/mol. The lowest BCUT2D eigenvalue weighted by Gasteiger charge is -2.38. The van der Waals surface area contributed by atoms with Gasteiger partial charge in [-0.2, -0.15) is 0 Å². The molecule has 0 amide bonds. The molecule has 0 spiro atoms. The lowest BCUT2D eigenvalue weighted by atomic mass is 10.0. The molecule has 1 aromatic carbocycles. The van der Waals surface area contributed by atoms with Crippen LogP contribution in [0.1, 0.15) is 12.8 Å². The number of halogens is 1. The Kier molecular flexibility index (Phi) is 3.79. The van der Waals surface area contributed by atoms with E-state index in [1.54, 1.807) is 0 Å². The van der Waals surface area contributed by atoms with E-state index in [0.717, 1.165) is 29.5 Å². The standard InChI is InChI=1S/C13H20ClN3/c1-16(2)11-4-3-7-17(9-11)13-8-10(14)5-6-12(13)15/h5-6,8,11H,3-4,7,9,15H2,1-2H3. The van der Waals surface area contributed by atoms with Gasteiger partial charge in [0.1, 0.15) is 0 Å². The number of piperidine rings is 1. The Bertz CT molecular complexity index is 392. The van der Waals surface area contributed by atoms with Crippen LogP contribution in [-0.2, 0) is 0 Å². The number of rotatable bonds is 2. The van der Waals surface area contributed by atoms with Crippen LogP contribution in [0.25, 0.3) is 0 Å². The number of hydrogen-bond donors (Lipinski definition) is 1. The number of hydrogen-bond acceptors (Lipinski definition) is 3. The molecule has 0 radical (unpaired) electrons. The van der Waals surface area contributed by atoms with Gasteiger partial charge in [-0.3, -0.25) is 0 Å². The topological polar surface area (TPSA) is 32.5 Å². The van der Waals surface area contributed by atoms with Crippen molar-refractivity contribution in [2.45, 2.75) is 18.9 Å². The lowest BCUT2D eigenvalue weighted by Crippen LogP contribution is -2.45. The summed E-state index contributed by atoms with van der Waals surface area (Å²) < 4.78 is 0. The molecule has 1 unspecified atom stereocenters. The zero-order valence-corrected chi connectivity index (χ0v) is 11.2. The first-order valence-electron chi connectivity index (χ1n) is 6.04. The fourth-order valence-electron chi connectivity index (χ4n) is 2.39. The molecular weight excluding hydrogens is 234 g/mol. The summed E-state index contributed by atoms with van der Waals surface area (Å²) in [6, 6.07) is 6.29. The first-order chi connectivity index (χ1) is 8.08. The largest absolute Gasteiger partial charge is 0.397 e. The summed E-state index contributed by atoms with van der Waals surface area (Å²) >= 11 is 6.04. The number of nitrogen functional groups attached to an aromatic ring is 1. The maximum absolute atomic E-state index is 6.04. The number of anilines is 2. The van der Waals surface area contributed by atoms with Crippen LogP contribution in [-0.4, -0.2) is 38.1 Å². The first kappa shape index (κ1) is 12.5. The number of likely N-dealkylation sites (N-methyl/N-ethyl adjacent to an activating group) is 1. The molecule has 0 bridgehead atoms. The highest BCUT2D eigenvalue weighted by Gasteiger charge is 2.22. The van der Waals surface area contributed by atoms with Crippen molar-refractivity contribution in [2.75, 3.05) is 37.8 Å². The summed E-state index contributed by atoms with van der Waals surface area (Å²) in [4.78, 5) is 4.63. The third-order valence-corrected chi connectivity index (χ3v) is 3.70. The molecular formula is C13H20ClN3. The van der Waals surface area contributed by atoms with Gasteiger partial charge in [0.2, 0.25) is 0 Å². The molecule has 94 valence electrons. The van der Waals surface area contributed by atoms with E-state index in [0.29, 0.717) is 6.04 Å². The van der Waals surface area contributed by atoms with Gasteiger partial charge in [-0.15, -0.1) is 0 Å². The average Bonchev–Trinajstić information content (AvgIpc) is 2.32. The average molecular weight is 254 g/mol. The van der Waals surface area contributed by atoms with Crippen molar-refractivity contribution in [3.8, 4) is 0 Å². The molecule has 3 nitrogen and oxygen atoms in total. The van der Waals surface area contributed by atoms with E-state index in [-0.39, 0.29) is 0 Å². The highest BCUT2D eigenvalue weighted by atomic mass is 35.5. The van der Waals surface area contributed by atoms with E-state index in [9.17, 15) is 0 Å². The van der Waals surface area contributed by atoms with Crippen molar-refractivity contribution in [2.24, 2.45) is 0 Å². The minimum absolute atomic E-state index is 0.599. The summed E-state index contributed by atoms with van der Waals surface area (Å²) in [7, 11) is 4.27. The molecule has 1 aromatic rings. The fraction of sp³-hybridized carbons (Fsp3) is 0.538. The van der Waals surface area contributed by atoms with Gasteiger partial charge in [-0.1, -0.05) is 11.6 Å². The van der Waals surface area contributed by atoms with Crippen LogP contribution >= 0.6 is 11.6 Å². The predicted octanol–water partition coefficient (Wildman–Crippen LogP) is 2.45. The number of nitrogens with two attached hydrogens (primary N) is 1. The summed E-state index contributed by atoms with van der Waals surface area (Å²) in [5.41, 5.74) is 7.91. The molecule has 1 aliphatic heterocycles. The van der Waals surface area contributed by atoms with Crippen LogP contribution in [0.3, 0.4) is 0 Å². The number of benzene rings is 1. The second-order valence-electron chi connectivity index (χ2n) is 4.91. The minimum Gasteiger partial charge on any atom is -0.397 e. The van der Waals surface area contributed by atoms with Crippen molar-refractivity contribution in [3.63, 3.8) is 0 Å². The van der Waals surface area contributed by atoms with Gasteiger partial charge >= 0.3 is 0 Å². The smallest absolute Gasteiger partial charge is 0.0615 e. The Morgan fingerprint density at radius 2 is 2.18 bits per heavy atom. The van der Waals surface area contributed by atoms with Crippen molar-refractivity contribution in [1.82, 2.24) is 4.90 Å². The third kappa shape index (κ3) is 2.85. The Labute approximate surface area is 108 Å². The van der Waals surface area contributed by atoms with E-state index in [2.05, 4.69) is 23.9 Å². The lowest BCUT2D eigenvalue weighted by molar-refractivity contribution is 0.258. The zero-order chi connectivity index (χ0) is 12.4. The molecule has 1 heterocycles. The van der Waals surface area contributed by atoms with Gasteiger partial charge in [-0.25, -0.2) is 0 Å². The Morgan fingerprint density at radius 3 is 2.88 bits per heavy atom. The Morgan fingerprint density at radius 1 is 1.41 bits per heavy atom. The molecule has 0 aromatic heterocycles. The second-order valence-corrected chi connectivity index (χ2v) is 5.35. The second kappa shape index (κ2) is 5.15. The quantitative estimate of drug-likeness (QED) is 0.822. The van der Waals surface area contributed by atoms with Gasteiger partial charge in [0.05, 0.1) is 11.4 Å². The number of nitrogens with zero attached hydrogens (tertiary/aromatic N) is 2.